The third-order valence-electron chi connectivity index (χ3n) is 4.93. The van der Waals surface area contributed by atoms with E-state index in [2.05, 4.69) is 41.3 Å². The Morgan fingerprint density at radius 3 is 2.50 bits per heavy atom. The lowest BCUT2D eigenvalue weighted by Gasteiger charge is -2.40. The summed E-state index contributed by atoms with van der Waals surface area (Å²) in [5.74, 6) is 0.971. The van der Waals surface area contributed by atoms with Crippen molar-refractivity contribution in [2.24, 2.45) is 11.8 Å². The number of rotatable bonds is 5. The van der Waals surface area contributed by atoms with Crippen LogP contribution in [0.3, 0.4) is 0 Å². The molecule has 0 radical (unpaired) electrons. The summed E-state index contributed by atoms with van der Waals surface area (Å²) in [6, 6.07) is 0.458. The molecule has 0 aliphatic carbocycles. The van der Waals surface area contributed by atoms with Gasteiger partial charge in [0.1, 0.15) is 0 Å². The average molecular weight is 333 g/mol. The standard InChI is InChI=1S/C16H32N4O.ClH/c1-13(2)15(20-9-7-19(3)8-10-20)12-18-16(21)14-5-4-6-17-11-14;/h13-15,17H,4-12H2,1-3H3,(H,18,21);1H/t14-,15?;/m1./s1. The number of hydrogen-bond acceptors (Lipinski definition) is 4. The molecule has 22 heavy (non-hydrogen) atoms. The van der Waals surface area contributed by atoms with Crippen molar-refractivity contribution in [2.75, 3.05) is 52.9 Å². The largest absolute Gasteiger partial charge is 0.354 e. The van der Waals surface area contributed by atoms with Gasteiger partial charge in [0.15, 0.2) is 0 Å². The highest BCUT2D eigenvalue weighted by molar-refractivity contribution is 5.85. The van der Waals surface area contributed by atoms with Crippen LogP contribution in [0, 0.1) is 11.8 Å². The molecule has 2 N–H and O–H groups in total. The number of piperidine rings is 1. The molecule has 2 fully saturated rings. The molecule has 0 bridgehead atoms. The predicted octanol–water partition coefficient (Wildman–Crippen LogP) is 0.796. The minimum Gasteiger partial charge on any atom is -0.354 e. The summed E-state index contributed by atoms with van der Waals surface area (Å²) < 4.78 is 0. The molecule has 130 valence electrons. The van der Waals surface area contributed by atoms with Crippen LogP contribution < -0.4 is 10.6 Å². The van der Waals surface area contributed by atoms with Crippen LogP contribution in [-0.2, 0) is 4.79 Å². The highest BCUT2D eigenvalue weighted by Gasteiger charge is 2.27. The minimum atomic E-state index is 0. The number of nitrogens with zero attached hydrogens (tertiary/aromatic N) is 2. The van der Waals surface area contributed by atoms with Gasteiger partial charge in [-0.1, -0.05) is 13.8 Å². The van der Waals surface area contributed by atoms with Crippen LogP contribution in [0.2, 0.25) is 0 Å². The van der Waals surface area contributed by atoms with Crippen molar-refractivity contribution < 1.29 is 4.79 Å². The summed E-state index contributed by atoms with van der Waals surface area (Å²) in [6.07, 6.45) is 2.14. The van der Waals surface area contributed by atoms with Crippen LogP contribution in [0.5, 0.6) is 0 Å². The molecule has 5 nitrogen and oxygen atoms in total. The van der Waals surface area contributed by atoms with Crippen LogP contribution >= 0.6 is 12.4 Å². The molecule has 2 heterocycles. The van der Waals surface area contributed by atoms with Crippen molar-refractivity contribution in [2.45, 2.75) is 32.7 Å². The van der Waals surface area contributed by atoms with E-state index in [0.29, 0.717) is 12.0 Å². The molecule has 2 rings (SSSR count). The second-order valence-corrected chi connectivity index (χ2v) is 6.94. The Hall–Kier alpha value is -0.360. The molecule has 2 aliphatic rings. The van der Waals surface area contributed by atoms with E-state index in [9.17, 15) is 4.79 Å². The van der Waals surface area contributed by atoms with E-state index in [1.807, 2.05) is 0 Å². The Labute approximate surface area is 141 Å². The molecule has 2 saturated heterocycles. The molecule has 6 heteroatoms. The van der Waals surface area contributed by atoms with E-state index in [0.717, 1.165) is 58.7 Å². The first-order chi connectivity index (χ1) is 10.1. The summed E-state index contributed by atoms with van der Waals surface area (Å²) in [5, 5.41) is 6.53. The molecule has 2 aliphatic heterocycles. The number of nitrogens with one attached hydrogen (secondary N) is 2. The number of carbonyl (C=O) groups is 1. The Kier molecular flexibility index (Phi) is 8.69. The fourth-order valence-corrected chi connectivity index (χ4v) is 3.37. The molecule has 0 aromatic carbocycles. The molecule has 1 unspecified atom stereocenters. The Morgan fingerprint density at radius 1 is 1.27 bits per heavy atom. The van der Waals surface area contributed by atoms with Crippen LogP contribution in [0.1, 0.15) is 26.7 Å². The number of hydrogen-bond donors (Lipinski definition) is 2. The number of carbonyl (C=O) groups excluding carboxylic acids is 1. The Bertz CT molecular complexity index is 326. The number of piperazine rings is 1. The van der Waals surface area contributed by atoms with Gasteiger partial charge in [-0.3, -0.25) is 9.69 Å². The zero-order valence-electron chi connectivity index (χ0n) is 14.3. The topological polar surface area (TPSA) is 47.6 Å². The van der Waals surface area contributed by atoms with Crippen molar-refractivity contribution in [3.63, 3.8) is 0 Å². The summed E-state index contributed by atoms with van der Waals surface area (Å²) >= 11 is 0. The van der Waals surface area contributed by atoms with Gasteiger partial charge in [-0.15, -0.1) is 12.4 Å². The Balaban J connectivity index is 0.00000242. The molecular formula is C16H33ClN4O. The second-order valence-electron chi connectivity index (χ2n) is 6.94. The fraction of sp³-hybridized carbons (Fsp3) is 0.938. The third-order valence-corrected chi connectivity index (χ3v) is 4.93. The maximum Gasteiger partial charge on any atom is 0.224 e. The van der Waals surface area contributed by atoms with Gasteiger partial charge in [-0.05, 0) is 32.4 Å². The summed E-state index contributed by atoms with van der Waals surface area (Å²) in [5.41, 5.74) is 0. The monoisotopic (exact) mass is 332 g/mol. The van der Waals surface area contributed by atoms with Gasteiger partial charge in [-0.2, -0.15) is 0 Å². The molecular weight excluding hydrogens is 300 g/mol. The SMILES string of the molecule is CC(C)C(CNC(=O)[C@@H]1CCCNC1)N1CCN(C)CC1.Cl. The van der Waals surface area contributed by atoms with Crippen molar-refractivity contribution in [1.29, 1.82) is 0 Å². The van der Waals surface area contributed by atoms with Gasteiger partial charge in [0.05, 0.1) is 5.92 Å². The van der Waals surface area contributed by atoms with Crippen molar-refractivity contribution in [1.82, 2.24) is 20.4 Å². The first-order valence-electron chi connectivity index (χ1n) is 8.49. The lowest BCUT2D eigenvalue weighted by atomic mass is 9.97. The van der Waals surface area contributed by atoms with Crippen LogP contribution in [0.15, 0.2) is 0 Å². The lowest BCUT2D eigenvalue weighted by molar-refractivity contribution is -0.125. The molecule has 0 aromatic rings. The van der Waals surface area contributed by atoms with Gasteiger partial charge in [0, 0.05) is 45.3 Å². The van der Waals surface area contributed by atoms with Gasteiger partial charge in [-0.25, -0.2) is 0 Å². The first-order valence-corrected chi connectivity index (χ1v) is 8.49. The summed E-state index contributed by atoms with van der Waals surface area (Å²) in [6.45, 7) is 11.7. The molecule has 1 amide bonds. The van der Waals surface area contributed by atoms with E-state index < -0.39 is 0 Å². The second kappa shape index (κ2) is 9.71. The van der Waals surface area contributed by atoms with Gasteiger partial charge < -0.3 is 15.5 Å². The zero-order valence-corrected chi connectivity index (χ0v) is 15.1. The molecule has 0 spiro atoms. The van der Waals surface area contributed by atoms with E-state index >= 15 is 0 Å². The fourth-order valence-electron chi connectivity index (χ4n) is 3.37. The van der Waals surface area contributed by atoms with Crippen LogP contribution in [0.4, 0.5) is 0 Å². The Morgan fingerprint density at radius 2 is 1.95 bits per heavy atom. The number of likely N-dealkylation sites (N-methyl/N-ethyl adjacent to an activating group) is 1. The van der Waals surface area contributed by atoms with E-state index in [4.69, 9.17) is 0 Å². The summed E-state index contributed by atoms with van der Waals surface area (Å²) in [4.78, 5) is 17.2. The first kappa shape index (κ1) is 19.7. The predicted molar refractivity (Wildman–Crippen MR) is 93.5 cm³/mol. The molecule has 0 saturated carbocycles. The van der Waals surface area contributed by atoms with Crippen LogP contribution in [0.25, 0.3) is 0 Å². The minimum absolute atomic E-state index is 0. The zero-order chi connectivity index (χ0) is 15.2. The highest BCUT2D eigenvalue weighted by atomic mass is 35.5. The van der Waals surface area contributed by atoms with E-state index in [1.165, 1.54) is 0 Å². The van der Waals surface area contributed by atoms with Crippen molar-refractivity contribution in [3.8, 4) is 0 Å². The maximum absolute atomic E-state index is 12.3. The van der Waals surface area contributed by atoms with Crippen LogP contribution in [-0.4, -0.2) is 74.6 Å². The molecule has 0 aromatic heterocycles. The van der Waals surface area contributed by atoms with Gasteiger partial charge in [0.25, 0.3) is 0 Å². The van der Waals surface area contributed by atoms with Gasteiger partial charge >= 0.3 is 0 Å². The normalized spacial score (nSPS) is 25.5. The third kappa shape index (κ3) is 5.69. The number of amides is 1. The van der Waals surface area contributed by atoms with Gasteiger partial charge in [0.2, 0.25) is 5.91 Å². The van der Waals surface area contributed by atoms with E-state index in [-0.39, 0.29) is 24.2 Å². The maximum atomic E-state index is 12.3. The van der Waals surface area contributed by atoms with Crippen molar-refractivity contribution in [3.05, 3.63) is 0 Å². The summed E-state index contributed by atoms with van der Waals surface area (Å²) in [7, 11) is 2.18. The van der Waals surface area contributed by atoms with Crippen molar-refractivity contribution >= 4 is 18.3 Å². The quantitative estimate of drug-likeness (QED) is 0.781. The smallest absolute Gasteiger partial charge is 0.224 e. The highest BCUT2D eigenvalue weighted by Crippen LogP contribution is 2.14. The average Bonchev–Trinajstić information content (AvgIpc) is 2.49. The number of halogens is 1. The van der Waals surface area contributed by atoms with E-state index in [1.54, 1.807) is 0 Å². The lowest BCUT2D eigenvalue weighted by Crippen LogP contribution is -2.55. The molecule has 2 atom stereocenters.